The zero-order chi connectivity index (χ0) is 24.7. The Bertz CT molecular complexity index is 1200. The molecule has 17 heteroatoms. The van der Waals surface area contributed by atoms with Crippen LogP contribution in [-0.2, 0) is 28.0 Å². The molecular weight excluding hydrogens is 518 g/mol. The summed E-state index contributed by atoms with van der Waals surface area (Å²) in [6, 6.07) is -0.954. The zero-order valence-electron chi connectivity index (χ0n) is 17.6. The number of nitrogens with zero attached hydrogens (tertiary/aromatic N) is 7. The molecule has 0 radical (unpaired) electrons. The molecule has 1 saturated heterocycles. The number of tetrazole rings is 1. The molecule has 0 aromatic carbocycles. The predicted octanol–water partition coefficient (Wildman–Crippen LogP) is 0.837. The number of amides is 2. The van der Waals surface area contributed by atoms with Crippen LogP contribution in [0.25, 0.3) is 0 Å². The number of carbonyl (C=O) groups excluding carboxylic acids is 2. The van der Waals surface area contributed by atoms with E-state index in [0.717, 1.165) is 9.58 Å². The second-order valence-electron chi connectivity index (χ2n) is 7.33. The third-order valence-corrected chi connectivity index (χ3v) is 8.08. The molecule has 0 bridgehead atoms. The molecule has 182 valence electrons. The van der Waals surface area contributed by atoms with Gasteiger partial charge < -0.3 is 10.4 Å². The summed E-state index contributed by atoms with van der Waals surface area (Å²) in [5, 5.41) is 26.7. The maximum absolute atomic E-state index is 13.0. The highest BCUT2D eigenvalue weighted by Crippen LogP contribution is 2.41. The molecule has 0 spiro atoms. The Hall–Kier alpha value is -2.72. The molecule has 0 aliphatic carbocycles. The van der Waals surface area contributed by atoms with Gasteiger partial charge in [-0.3, -0.25) is 19.2 Å². The first kappa shape index (κ1) is 24.4. The van der Waals surface area contributed by atoms with Crippen molar-refractivity contribution in [3.63, 3.8) is 0 Å². The van der Waals surface area contributed by atoms with E-state index in [-0.39, 0.29) is 22.2 Å². The summed E-state index contributed by atoms with van der Waals surface area (Å²) in [4.78, 5) is 38.3. The van der Waals surface area contributed by atoms with Gasteiger partial charge in [0, 0.05) is 18.6 Å². The number of aromatic nitrogens is 6. The SMILES string of the molecule is Cc1c(Cl)c(C(F)F)nn1CC(=O)N[C@H]1C(=O)N2C(C(=O)O)=C(CSc3nnnn3C)CS[C@H]12. The summed E-state index contributed by atoms with van der Waals surface area (Å²) >= 11 is 8.40. The fourth-order valence-electron chi connectivity index (χ4n) is 3.49. The Balaban J connectivity index is 1.44. The largest absolute Gasteiger partial charge is 0.477 e. The van der Waals surface area contributed by atoms with Gasteiger partial charge in [-0.1, -0.05) is 23.4 Å². The molecule has 2 aromatic rings. The van der Waals surface area contributed by atoms with Crippen LogP contribution >= 0.6 is 35.1 Å². The third kappa shape index (κ3) is 4.36. The number of β-lactam (4-membered cyclic amide) rings is 1. The first-order chi connectivity index (χ1) is 16.1. The number of aryl methyl sites for hydroxylation is 1. The Morgan fingerprint density at radius 2 is 2.15 bits per heavy atom. The molecule has 0 unspecified atom stereocenters. The number of hydrogen-bond donors (Lipinski definition) is 2. The van der Waals surface area contributed by atoms with Crippen LogP contribution in [0.4, 0.5) is 8.78 Å². The molecule has 2 aromatic heterocycles. The second kappa shape index (κ2) is 9.50. The first-order valence-corrected chi connectivity index (χ1v) is 12.1. The highest BCUT2D eigenvalue weighted by atomic mass is 35.5. The van der Waals surface area contributed by atoms with Gasteiger partial charge in [0.25, 0.3) is 12.3 Å². The van der Waals surface area contributed by atoms with Gasteiger partial charge in [0.05, 0.1) is 10.7 Å². The highest BCUT2D eigenvalue weighted by molar-refractivity contribution is 8.01. The standard InChI is InChI=1S/C17H17ClF2N8O4S2/c1-6-9(18)10(13(19)20)23-27(6)3-8(29)21-11-14(30)28-12(16(31)32)7(4-33-15(11)28)5-34-17-22-24-25-26(17)2/h11,13,15H,3-5H2,1-2H3,(H,21,29)(H,31,32)/t11-,15+/m0/s1. The molecule has 34 heavy (non-hydrogen) atoms. The van der Waals surface area contributed by atoms with Crippen LogP contribution in [0.2, 0.25) is 5.02 Å². The van der Waals surface area contributed by atoms with Crippen molar-refractivity contribution >= 4 is 52.9 Å². The van der Waals surface area contributed by atoms with Crippen LogP contribution in [-0.4, -0.2) is 80.7 Å². The predicted molar refractivity (Wildman–Crippen MR) is 116 cm³/mol. The van der Waals surface area contributed by atoms with Crippen molar-refractivity contribution in [3.8, 4) is 0 Å². The van der Waals surface area contributed by atoms with Crippen LogP contribution < -0.4 is 5.32 Å². The fourth-order valence-corrected chi connectivity index (χ4v) is 6.04. The van der Waals surface area contributed by atoms with E-state index in [9.17, 15) is 28.3 Å². The lowest BCUT2D eigenvalue weighted by atomic mass is 10.0. The van der Waals surface area contributed by atoms with Crippen LogP contribution in [0, 0.1) is 6.92 Å². The van der Waals surface area contributed by atoms with Crippen LogP contribution in [0.15, 0.2) is 16.4 Å². The van der Waals surface area contributed by atoms with Crippen molar-refractivity contribution < 1.29 is 28.3 Å². The van der Waals surface area contributed by atoms with E-state index in [0.29, 0.717) is 16.5 Å². The molecule has 0 saturated carbocycles. The van der Waals surface area contributed by atoms with Crippen LogP contribution in [0.3, 0.4) is 0 Å². The van der Waals surface area contributed by atoms with E-state index in [1.165, 1.54) is 35.1 Å². The monoisotopic (exact) mass is 534 g/mol. The molecule has 1 fully saturated rings. The summed E-state index contributed by atoms with van der Waals surface area (Å²) in [6.45, 7) is 1.02. The quantitative estimate of drug-likeness (QED) is 0.368. The number of carbonyl (C=O) groups is 3. The first-order valence-electron chi connectivity index (χ1n) is 9.65. The van der Waals surface area contributed by atoms with E-state index >= 15 is 0 Å². The maximum Gasteiger partial charge on any atom is 0.352 e. The van der Waals surface area contributed by atoms with Crippen molar-refractivity contribution in [2.45, 2.75) is 36.5 Å². The van der Waals surface area contributed by atoms with Gasteiger partial charge in [0.1, 0.15) is 29.4 Å². The molecule has 2 aliphatic heterocycles. The number of carboxylic acids is 1. The molecule has 2 aliphatic rings. The number of carboxylic acid groups (broad SMARTS) is 1. The Kier molecular flexibility index (Phi) is 6.82. The van der Waals surface area contributed by atoms with Gasteiger partial charge in [0.2, 0.25) is 11.1 Å². The molecule has 2 atom stereocenters. The Labute approximate surface area is 204 Å². The van der Waals surface area contributed by atoms with Crippen LogP contribution in [0.1, 0.15) is 17.8 Å². The normalized spacial score (nSPS) is 19.9. The molecule has 12 nitrogen and oxygen atoms in total. The minimum atomic E-state index is -2.89. The van der Waals surface area contributed by atoms with E-state index in [4.69, 9.17) is 11.6 Å². The summed E-state index contributed by atoms with van der Waals surface area (Å²) in [5.41, 5.74) is -0.0316. The van der Waals surface area contributed by atoms with Gasteiger partial charge in [-0.2, -0.15) is 5.10 Å². The average molecular weight is 535 g/mol. The van der Waals surface area contributed by atoms with E-state index in [1.807, 2.05) is 0 Å². The van der Waals surface area contributed by atoms with E-state index in [1.54, 1.807) is 7.05 Å². The number of rotatable bonds is 8. The number of halogens is 3. The highest BCUT2D eigenvalue weighted by Gasteiger charge is 2.54. The second-order valence-corrected chi connectivity index (χ2v) is 9.75. The van der Waals surface area contributed by atoms with Crippen molar-refractivity contribution in [2.24, 2.45) is 7.05 Å². The number of hydrogen-bond acceptors (Lipinski definition) is 9. The number of thioether (sulfide) groups is 2. The number of fused-ring (bicyclic) bond motifs is 1. The molecule has 4 rings (SSSR count). The average Bonchev–Trinajstić information content (AvgIpc) is 3.32. The van der Waals surface area contributed by atoms with Crippen molar-refractivity contribution in [1.29, 1.82) is 0 Å². The van der Waals surface area contributed by atoms with Crippen molar-refractivity contribution in [1.82, 2.24) is 40.2 Å². The van der Waals surface area contributed by atoms with E-state index in [2.05, 4.69) is 25.9 Å². The summed E-state index contributed by atoms with van der Waals surface area (Å²) in [5.74, 6) is -1.88. The van der Waals surface area contributed by atoms with Crippen molar-refractivity contribution in [3.05, 3.63) is 27.7 Å². The van der Waals surface area contributed by atoms with Crippen molar-refractivity contribution in [2.75, 3.05) is 11.5 Å². The van der Waals surface area contributed by atoms with Gasteiger partial charge in [-0.05, 0) is 22.9 Å². The lowest BCUT2D eigenvalue weighted by molar-refractivity contribution is -0.150. The number of alkyl halides is 2. The number of aliphatic carboxylic acids is 1. The minimum Gasteiger partial charge on any atom is -0.477 e. The third-order valence-electron chi connectivity index (χ3n) is 5.18. The molecular formula is C17H17ClF2N8O4S2. The summed E-state index contributed by atoms with van der Waals surface area (Å²) in [6.07, 6.45) is -2.89. The van der Waals surface area contributed by atoms with E-state index < -0.39 is 47.9 Å². The topological polar surface area (TPSA) is 148 Å². The summed E-state index contributed by atoms with van der Waals surface area (Å²) in [7, 11) is 1.65. The van der Waals surface area contributed by atoms with Gasteiger partial charge in [-0.25, -0.2) is 18.3 Å². The Morgan fingerprint density at radius 1 is 1.41 bits per heavy atom. The summed E-state index contributed by atoms with van der Waals surface area (Å²) < 4.78 is 28.4. The smallest absolute Gasteiger partial charge is 0.352 e. The maximum atomic E-state index is 13.0. The van der Waals surface area contributed by atoms with Gasteiger partial charge >= 0.3 is 5.97 Å². The van der Waals surface area contributed by atoms with Gasteiger partial charge in [0.15, 0.2) is 0 Å². The van der Waals surface area contributed by atoms with Gasteiger partial charge in [-0.15, -0.1) is 16.9 Å². The fraction of sp³-hybridized carbons (Fsp3) is 0.471. The minimum absolute atomic E-state index is 0.127. The zero-order valence-corrected chi connectivity index (χ0v) is 20.0. The molecule has 2 N–H and O–H groups in total. The van der Waals surface area contributed by atoms with Crippen LogP contribution in [0.5, 0.6) is 0 Å². The molecule has 2 amide bonds. The lowest BCUT2D eigenvalue weighted by Gasteiger charge is -2.49. The lowest BCUT2D eigenvalue weighted by Crippen LogP contribution is -2.70. The number of nitrogens with one attached hydrogen (secondary N) is 1. The molecule has 4 heterocycles. The Morgan fingerprint density at radius 3 is 2.74 bits per heavy atom.